The first-order chi connectivity index (χ1) is 7.52. The molecule has 0 saturated heterocycles. The molecular formula is C12H25NO3. The molecule has 96 valence electrons. The molecule has 0 aliphatic carbocycles. The third kappa shape index (κ3) is 8.68. The summed E-state index contributed by atoms with van der Waals surface area (Å²) in [6.07, 6.45) is 2.23. The van der Waals surface area contributed by atoms with E-state index in [1.807, 2.05) is 6.92 Å². The molecule has 0 heterocycles. The fourth-order valence-corrected chi connectivity index (χ4v) is 1.50. The lowest BCUT2D eigenvalue weighted by Crippen LogP contribution is -2.31. The summed E-state index contributed by atoms with van der Waals surface area (Å²) in [5, 5.41) is 12.0. The smallest absolute Gasteiger partial charge is 0.307 e. The maximum atomic E-state index is 11.0. The number of ether oxygens (including phenoxy) is 1. The van der Waals surface area contributed by atoms with E-state index >= 15 is 0 Å². The van der Waals surface area contributed by atoms with Crippen LogP contribution in [0.15, 0.2) is 0 Å². The Kier molecular flexibility index (Phi) is 8.21. The summed E-state index contributed by atoms with van der Waals surface area (Å²) >= 11 is 0. The number of rotatable bonds is 9. The average Bonchev–Trinajstić information content (AvgIpc) is 2.22. The highest BCUT2D eigenvalue weighted by molar-refractivity contribution is 5.69. The maximum Gasteiger partial charge on any atom is 0.307 e. The van der Waals surface area contributed by atoms with Crippen molar-refractivity contribution in [1.82, 2.24) is 5.32 Å². The number of hydrogen-bond acceptors (Lipinski definition) is 4. The van der Waals surface area contributed by atoms with E-state index < -0.39 is 0 Å². The van der Waals surface area contributed by atoms with Crippen LogP contribution in [0.25, 0.3) is 0 Å². The van der Waals surface area contributed by atoms with Gasteiger partial charge in [0, 0.05) is 19.7 Å². The van der Waals surface area contributed by atoms with Crippen LogP contribution in [0.3, 0.4) is 0 Å². The van der Waals surface area contributed by atoms with E-state index in [1.54, 1.807) is 0 Å². The van der Waals surface area contributed by atoms with Crippen LogP contribution in [0, 0.1) is 5.41 Å². The van der Waals surface area contributed by atoms with E-state index in [0.29, 0.717) is 19.6 Å². The lowest BCUT2D eigenvalue weighted by molar-refractivity contribution is -0.143. The number of hydrogen-bond donors (Lipinski definition) is 2. The van der Waals surface area contributed by atoms with Gasteiger partial charge in [-0.3, -0.25) is 4.79 Å². The quantitative estimate of drug-likeness (QED) is 0.464. The molecule has 4 nitrogen and oxygen atoms in total. The molecule has 0 saturated carbocycles. The Balaban J connectivity index is 3.52. The van der Waals surface area contributed by atoms with Gasteiger partial charge in [0.25, 0.3) is 0 Å². The van der Waals surface area contributed by atoms with Gasteiger partial charge in [0.15, 0.2) is 0 Å². The maximum absolute atomic E-state index is 11.0. The number of aliphatic hydroxyl groups excluding tert-OH is 1. The number of carbonyl (C=O) groups is 1. The van der Waals surface area contributed by atoms with Gasteiger partial charge >= 0.3 is 5.97 Å². The van der Waals surface area contributed by atoms with Crippen molar-refractivity contribution in [2.75, 3.05) is 26.3 Å². The molecule has 0 bridgehead atoms. The molecule has 16 heavy (non-hydrogen) atoms. The van der Waals surface area contributed by atoms with Crippen molar-refractivity contribution in [1.29, 1.82) is 0 Å². The average molecular weight is 231 g/mol. The zero-order valence-corrected chi connectivity index (χ0v) is 10.7. The zero-order chi connectivity index (χ0) is 12.4. The number of aliphatic hydroxyl groups is 1. The molecule has 0 aliphatic heterocycles. The Hall–Kier alpha value is -0.610. The van der Waals surface area contributed by atoms with Crippen molar-refractivity contribution in [3.05, 3.63) is 0 Å². The summed E-state index contributed by atoms with van der Waals surface area (Å²) in [7, 11) is 0. The van der Waals surface area contributed by atoms with Crippen LogP contribution in [0.5, 0.6) is 0 Å². The first-order valence-corrected chi connectivity index (χ1v) is 5.99. The molecule has 0 amide bonds. The van der Waals surface area contributed by atoms with E-state index in [0.717, 1.165) is 19.4 Å². The fourth-order valence-electron chi connectivity index (χ4n) is 1.50. The van der Waals surface area contributed by atoms with Gasteiger partial charge in [-0.15, -0.1) is 0 Å². The molecule has 0 aliphatic rings. The van der Waals surface area contributed by atoms with E-state index in [9.17, 15) is 4.79 Å². The third-order valence-corrected chi connectivity index (χ3v) is 2.43. The molecule has 0 rings (SSSR count). The molecule has 0 aromatic carbocycles. The van der Waals surface area contributed by atoms with Crippen molar-refractivity contribution in [3.8, 4) is 0 Å². The number of nitrogens with one attached hydrogen (secondary N) is 1. The molecule has 4 heteroatoms. The van der Waals surface area contributed by atoms with Crippen LogP contribution in [0.2, 0.25) is 0 Å². The Morgan fingerprint density at radius 1 is 1.44 bits per heavy atom. The number of esters is 1. The van der Waals surface area contributed by atoms with Crippen LogP contribution >= 0.6 is 0 Å². The second-order valence-electron chi connectivity index (χ2n) is 4.72. The zero-order valence-electron chi connectivity index (χ0n) is 10.7. The minimum atomic E-state index is -0.150. The minimum Gasteiger partial charge on any atom is -0.466 e. The summed E-state index contributed by atoms with van der Waals surface area (Å²) in [6.45, 7) is 8.31. The molecule has 0 aromatic heterocycles. The topological polar surface area (TPSA) is 58.6 Å². The van der Waals surface area contributed by atoms with Gasteiger partial charge in [-0.25, -0.2) is 0 Å². The van der Waals surface area contributed by atoms with E-state index in [1.165, 1.54) is 0 Å². The molecule has 0 unspecified atom stereocenters. The molecule has 0 radical (unpaired) electrons. The highest BCUT2D eigenvalue weighted by Gasteiger charge is 2.16. The predicted octanol–water partition coefficient (Wildman–Crippen LogP) is 1.33. The monoisotopic (exact) mass is 231 g/mol. The normalized spacial score (nSPS) is 11.5. The number of carbonyl (C=O) groups excluding carboxylic acids is 1. The lowest BCUT2D eigenvalue weighted by Gasteiger charge is -2.24. The van der Waals surface area contributed by atoms with Gasteiger partial charge in [-0.1, -0.05) is 13.8 Å². The van der Waals surface area contributed by atoms with Gasteiger partial charge in [0.05, 0.1) is 13.0 Å². The Morgan fingerprint density at radius 2 is 2.12 bits per heavy atom. The van der Waals surface area contributed by atoms with Crippen molar-refractivity contribution in [2.45, 2.75) is 40.0 Å². The second kappa shape index (κ2) is 8.53. The first-order valence-electron chi connectivity index (χ1n) is 5.99. The summed E-state index contributed by atoms with van der Waals surface area (Å²) in [5.74, 6) is -0.150. The Bertz CT molecular complexity index is 193. The van der Waals surface area contributed by atoms with Crippen molar-refractivity contribution in [3.63, 3.8) is 0 Å². The second-order valence-corrected chi connectivity index (χ2v) is 4.72. The summed E-state index contributed by atoms with van der Waals surface area (Å²) in [6, 6.07) is 0. The third-order valence-electron chi connectivity index (χ3n) is 2.43. The molecule has 2 N–H and O–H groups in total. The summed E-state index contributed by atoms with van der Waals surface area (Å²) < 4.78 is 4.83. The SMILES string of the molecule is CCOC(=O)CCNCC(C)(C)CCCO. The standard InChI is InChI=1S/C12H25NO3/c1-4-16-11(15)6-8-13-10-12(2,3)7-5-9-14/h13-14H,4-10H2,1-3H3. The molecule has 0 atom stereocenters. The van der Waals surface area contributed by atoms with E-state index in [-0.39, 0.29) is 18.0 Å². The van der Waals surface area contributed by atoms with Gasteiger partial charge in [-0.2, -0.15) is 0 Å². The molecular weight excluding hydrogens is 206 g/mol. The van der Waals surface area contributed by atoms with Crippen LogP contribution < -0.4 is 5.32 Å². The van der Waals surface area contributed by atoms with E-state index in [4.69, 9.17) is 9.84 Å². The van der Waals surface area contributed by atoms with Crippen molar-refractivity contribution < 1.29 is 14.6 Å². The molecule has 0 aromatic rings. The summed E-state index contributed by atoms with van der Waals surface area (Å²) in [4.78, 5) is 11.0. The Morgan fingerprint density at radius 3 is 2.69 bits per heavy atom. The minimum absolute atomic E-state index is 0.150. The fraction of sp³-hybridized carbons (Fsp3) is 0.917. The van der Waals surface area contributed by atoms with Crippen LogP contribution in [-0.2, 0) is 9.53 Å². The van der Waals surface area contributed by atoms with Crippen LogP contribution in [0.1, 0.15) is 40.0 Å². The van der Waals surface area contributed by atoms with Gasteiger partial charge < -0.3 is 15.2 Å². The highest BCUT2D eigenvalue weighted by Crippen LogP contribution is 2.20. The Labute approximate surface area is 98.4 Å². The van der Waals surface area contributed by atoms with Crippen LogP contribution in [0.4, 0.5) is 0 Å². The first kappa shape index (κ1) is 15.4. The lowest BCUT2D eigenvalue weighted by atomic mass is 9.88. The van der Waals surface area contributed by atoms with Crippen molar-refractivity contribution in [2.24, 2.45) is 5.41 Å². The van der Waals surface area contributed by atoms with Gasteiger partial charge in [0.2, 0.25) is 0 Å². The largest absolute Gasteiger partial charge is 0.466 e. The predicted molar refractivity (Wildman–Crippen MR) is 64.2 cm³/mol. The molecule has 0 spiro atoms. The van der Waals surface area contributed by atoms with Gasteiger partial charge in [-0.05, 0) is 25.2 Å². The van der Waals surface area contributed by atoms with E-state index in [2.05, 4.69) is 19.2 Å². The van der Waals surface area contributed by atoms with Crippen LogP contribution in [-0.4, -0.2) is 37.4 Å². The highest BCUT2D eigenvalue weighted by atomic mass is 16.5. The van der Waals surface area contributed by atoms with Crippen molar-refractivity contribution >= 4 is 5.97 Å². The molecule has 0 fully saturated rings. The summed E-state index contributed by atoms with van der Waals surface area (Å²) in [5.41, 5.74) is 0.164. The van der Waals surface area contributed by atoms with Gasteiger partial charge in [0.1, 0.15) is 0 Å².